The van der Waals surface area contributed by atoms with Gasteiger partial charge in [-0.15, -0.1) is 11.3 Å². The van der Waals surface area contributed by atoms with Gasteiger partial charge in [0.25, 0.3) is 10.0 Å². The van der Waals surface area contributed by atoms with Crippen molar-refractivity contribution in [3.05, 3.63) is 11.4 Å². The molecule has 1 heterocycles. The number of carbonyl (C=O) groups is 1. The standard InChI is InChI=1S/C9H15N3O3S2/c1-9(2,4-7(11)13)12-17(14,15)8-3-6(10)5-16-8/h3,5,12H,4,10H2,1-2H3,(H2,11,13). The fraction of sp³-hybridized carbons (Fsp3) is 0.444. The van der Waals surface area contributed by atoms with Crippen molar-refractivity contribution in [1.29, 1.82) is 0 Å². The Morgan fingerprint density at radius 1 is 1.53 bits per heavy atom. The average Bonchev–Trinajstić information content (AvgIpc) is 2.46. The van der Waals surface area contributed by atoms with Crippen LogP contribution in [0.1, 0.15) is 20.3 Å². The van der Waals surface area contributed by atoms with Crippen LogP contribution in [0.5, 0.6) is 0 Å². The van der Waals surface area contributed by atoms with E-state index in [9.17, 15) is 13.2 Å². The lowest BCUT2D eigenvalue weighted by Gasteiger charge is -2.23. The molecule has 0 aliphatic carbocycles. The fourth-order valence-corrected chi connectivity index (χ4v) is 3.85. The SMILES string of the molecule is CC(C)(CC(N)=O)NS(=O)(=O)c1cc(N)cs1. The van der Waals surface area contributed by atoms with Crippen LogP contribution in [0.15, 0.2) is 15.7 Å². The normalized spacial score (nSPS) is 12.6. The molecule has 0 aromatic carbocycles. The van der Waals surface area contributed by atoms with E-state index in [1.165, 1.54) is 11.4 Å². The Labute approximate surface area is 104 Å². The van der Waals surface area contributed by atoms with Gasteiger partial charge >= 0.3 is 0 Å². The highest BCUT2D eigenvalue weighted by Gasteiger charge is 2.28. The Hall–Kier alpha value is -1.12. The summed E-state index contributed by atoms with van der Waals surface area (Å²) in [5.74, 6) is -0.566. The van der Waals surface area contributed by atoms with Gasteiger partial charge in [0, 0.05) is 23.0 Å². The molecular weight excluding hydrogens is 262 g/mol. The van der Waals surface area contributed by atoms with Gasteiger partial charge in [-0.05, 0) is 19.9 Å². The first-order chi connectivity index (χ1) is 7.62. The first-order valence-electron chi connectivity index (χ1n) is 4.79. The van der Waals surface area contributed by atoms with Crippen molar-refractivity contribution in [3.8, 4) is 0 Å². The molecule has 0 aliphatic rings. The minimum Gasteiger partial charge on any atom is -0.398 e. The van der Waals surface area contributed by atoms with E-state index in [0.717, 1.165) is 11.3 Å². The van der Waals surface area contributed by atoms with E-state index >= 15 is 0 Å². The highest BCUT2D eigenvalue weighted by molar-refractivity contribution is 7.91. The van der Waals surface area contributed by atoms with Crippen molar-refractivity contribution in [1.82, 2.24) is 4.72 Å². The Kier molecular flexibility index (Phi) is 3.80. The Balaban J connectivity index is 2.90. The molecule has 0 fully saturated rings. The number of hydrogen-bond donors (Lipinski definition) is 3. The molecule has 0 saturated carbocycles. The molecule has 1 aromatic heterocycles. The molecule has 1 amide bonds. The third-order valence-electron chi connectivity index (χ3n) is 1.89. The van der Waals surface area contributed by atoms with Gasteiger partial charge in [-0.3, -0.25) is 4.79 Å². The third kappa shape index (κ3) is 3.99. The van der Waals surface area contributed by atoms with E-state index in [0.29, 0.717) is 5.69 Å². The molecular formula is C9H15N3O3S2. The van der Waals surface area contributed by atoms with E-state index in [4.69, 9.17) is 11.5 Å². The Morgan fingerprint density at radius 3 is 2.53 bits per heavy atom. The van der Waals surface area contributed by atoms with Crippen LogP contribution in [0.25, 0.3) is 0 Å². The largest absolute Gasteiger partial charge is 0.398 e. The molecule has 96 valence electrons. The zero-order valence-corrected chi connectivity index (χ0v) is 11.2. The van der Waals surface area contributed by atoms with Crippen molar-refractivity contribution in [2.75, 3.05) is 5.73 Å². The number of carbonyl (C=O) groups excluding carboxylic acids is 1. The molecule has 5 N–H and O–H groups in total. The highest BCUT2D eigenvalue weighted by atomic mass is 32.2. The van der Waals surface area contributed by atoms with Crippen LogP contribution in [-0.2, 0) is 14.8 Å². The van der Waals surface area contributed by atoms with E-state index in [1.807, 2.05) is 0 Å². The zero-order valence-electron chi connectivity index (χ0n) is 9.56. The van der Waals surface area contributed by atoms with Gasteiger partial charge < -0.3 is 11.5 Å². The Morgan fingerprint density at radius 2 is 2.12 bits per heavy atom. The minimum absolute atomic E-state index is 0.0763. The van der Waals surface area contributed by atoms with Crippen molar-refractivity contribution in [2.24, 2.45) is 5.73 Å². The van der Waals surface area contributed by atoms with Crippen molar-refractivity contribution in [2.45, 2.75) is 30.0 Å². The second kappa shape index (κ2) is 4.63. The number of anilines is 1. The lowest BCUT2D eigenvalue weighted by Crippen LogP contribution is -2.45. The second-order valence-electron chi connectivity index (χ2n) is 4.33. The summed E-state index contributed by atoms with van der Waals surface area (Å²) < 4.78 is 26.4. The van der Waals surface area contributed by atoms with Crippen LogP contribution >= 0.6 is 11.3 Å². The molecule has 17 heavy (non-hydrogen) atoms. The summed E-state index contributed by atoms with van der Waals surface area (Å²) in [5.41, 5.74) is 9.98. The van der Waals surface area contributed by atoms with Crippen LogP contribution in [0, 0.1) is 0 Å². The van der Waals surface area contributed by atoms with Crippen LogP contribution in [0.3, 0.4) is 0 Å². The van der Waals surface area contributed by atoms with Crippen LogP contribution < -0.4 is 16.2 Å². The molecule has 0 atom stereocenters. The summed E-state index contributed by atoms with van der Waals surface area (Å²) in [5, 5.41) is 1.54. The van der Waals surface area contributed by atoms with Gasteiger partial charge in [0.1, 0.15) is 4.21 Å². The summed E-state index contributed by atoms with van der Waals surface area (Å²) in [4.78, 5) is 10.8. The van der Waals surface area contributed by atoms with E-state index in [-0.39, 0.29) is 10.6 Å². The smallest absolute Gasteiger partial charge is 0.250 e. The number of amides is 1. The number of nitrogen functional groups attached to an aromatic ring is 1. The zero-order chi connectivity index (χ0) is 13.3. The fourth-order valence-electron chi connectivity index (χ4n) is 1.36. The van der Waals surface area contributed by atoms with Gasteiger partial charge in [0.05, 0.1) is 0 Å². The Bertz CT molecular complexity index is 519. The minimum atomic E-state index is -3.66. The van der Waals surface area contributed by atoms with Crippen LogP contribution in [-0.4, -0.2) is 19.9 Å². The predicted octanol–water partition coefficient (Wildman–Crippen LogP) is 0.263. The third-order valence-corrected chi connectivity index (χ3v) is 5.04. The van der Waals surface area contributed by atoms with E-state index in [1.54, 1.807) is 13.8 Å². The van der Waals surface area contributed by atoms with Gasteiger partial charge in [0.2, 0.25) is 5.91 Å². The van der Waals surface area contributed by atoms with Crippen molar-refractivity contribution >= 4 is 33.0 Å². The number of nitrogens with one attached hydrogen (secondary N) is 1. The number of thiophene rings is 1. The molecule has 0 bridgehead atoms. The number of nitrogens with two attached hydrogens (primary N) is 2. The molecule has 0 saturated heterocycles. The summed E-state index contributed by atoms with van der Waals surface area (Å²) in [6, 6.07) is 1.37. The monoisotopic (exact) mass is 277 g/mol. The molecule has 0 aliphatic heterocycles. The maximum atomic E-state index is 11.9. The van der Waals surface area contributed by atoms with Gasteiger partial charge in [0.15, 0.2) is 0 Å². The predicted molar refractivity (Wildman–Crippen MR) is 66.9 cm³/mol. The number of sulfonamides is 1. The lowest BCUT2D eigenvalue weighted by molar-refractivity contribution is -0.119. The first kappa shape index (κ1) is 13.9. The summed E-state index contributed by atoms with van der Waals surface area (Å²) in [6.07, 6.45) is -0.0763. The van der Waals surface area contributed by atoms with Gasteiger partial charge in [-0.25, -0.2) is 13.1 Å². The highest BCUT2D eigenvalue weighted by Crippen LogP contribution is 2.23. The quantitative estimate of drug-likeness (QED) is 0.716. The number of rotatable bonds is 5. The maximum Gasteiger partial charge on any atom is 0.250 e. The molecule has 8 heteroatoms. The molecule has 0 spiro atoms. The van der Waals surface area contributed by atoms with Crippen LogP contribution in [0.2, 0.25) is 0 Å². The van der Waals surface area contributed by atoms with Crippen molar-refractivity contribution in [3.63, 3.8) is 0 Å². The maximum absolute atomic E-state index is 11.9. The first-order valence-corrected chi connectivity index (χ1v) is 7.15. The lowest BCUT2D eigenvalue weighted by atomic mass is 10.0. The summed E-state index contributed by atoms with van der Waals surface area (Å²) in [6.45, 7) is 3.18. The summed E-state index contributed by atoms with van der Waals surface area (Å²) >= 11 is 1.02. The summed E-state index contributed by atoms with van der Waals surface area (Å²) in [7, 11) is -3.66. The van der Waals surface area contributed by atoms with E-state index in [2.05, 4.69) is 4.72 Å². The number of hydrogen-bond acceptors (Lipinski definition) is 5. The topological polar surface area (TPSA) is 115 Å². The molecule has 1 rings (SSSR count). The number of primary amides is 1. The average molecular weight is 277 g/mol. The second-order valence-corrected chi connectivity index (χ2v) is 7.15. The van der Waals surface area contributed by atoms with Gasteiger partial charge in [-0.2, -0.15) is 0 Å². The van der Waals surface area contributed by atoms with Crippen LogP contribution in [0.4, 0.5) is 5.69 Å². The van der Waals surface area contributed by atoms with Crippen molar-refractivity contribution < 1.29 is 13.2 Å². The molecule has 6 nitrogen and oxygen atoms in total. The molecule has 0 radical (unpaired) electrons. The van der Waals surface area contributed by atoms with Gasteiger partial charge in [-0.1, -0.05) is 0 Å². The molecule has 1 aromatic rings. The molecule has 0 unspecified atom stereocenters. The van der Waals surface area contributed by atoms with E-state index < -0.39 is 21.5 Å².